The molecule has 0 radical (unpaired) electrons. The van der Waals surface area contributed by atoms with Crippen LogP contribution in [0.4, 0.5) is 4.79 Å². The highest BCUT2D eigenvalue weighted by atomic mass is 16.6. The molecule has 1 fully saturated rings. The molecule has 0 bridgehead atoms. The Labute approximate surface area is 73.7 Å². The molecule has 0 unspecified atom stereocenters. The Morgan fingerprint density at radius 3 is 2.17 bits per heavy atom. The van der Waals surface area contributed by atoms with Crippen molar-refractivity contribution in [1.29, 1.82) is 0 Å². The van der Waals surface area contributed by atoms with Gasteiger partial charge in [-0.1, -0.05) is 13.8 Å². The van der Waals surface area contributed by atoms with Gasteiger partial charge in [-0.05, 0) is 19.8 Å². The number of hydrogen-bond acceptors (Lipinski definition) is 2. The van der Waals surface area contributed by atoms with Crippen LogP contribution in [0.1, 0.15) is 27.7 Å². The first-order valence-electron chi connectivity index (χ1n) is 4.32. The topological polar surface area (TPSA) is 29.5 Å². The van der Waals surface area contributed by atoms with Gasteiger partial charge in [0.2, 0.25) is 0 Å². The van der Waals surface area contributed by atoms with Crippen LogP contribution in [-0.2, 0) is 4.74 Å². The van der Waals surface area contributed by atoms with Gasteiger partial charge in [0.05, 0.1) is 6.04 Å². The van der Waals surface area contributed by atoms with E-state index in [1.165, 1.54) is 0 Å². The summed E-state index contributed by atoms with van der Waals surface area (Å²) in [5.41, 5.74) is -0.347. The zero-order valence-electron chi connectivity index (χ0n) is 8.42. The van der Waals surface area contributed by atoms with Crippen molar-refractivity contribution in [2.24, 2.45) is 5.92 Å². The maximum atomic E-state index is 11.2. The third-order valence-electron chi connectivity index (χ3n) is 2.40. The molecule has 1 saturated heterocycles. The Balaban J connectivity index is 2.89. The Hall–Kier alpha value is -0.730. The number of cyclic esters (lactones) is 1. The number of amides is 1. The number of nitrogens with zero attached hydrogens (tertiary/aromatic N) is 1. The van der Waals surface area contributed by atoms with Gasteiger partial charge in [-0.2, -0.15) is 0 Å². The first kappa shape index (κ1) is 9.36. The van der Waals surface area contributed by atoms with Gasteiger partial charge >= 0.3 is 6.09 Å². The summed E-state index contributed by atoms with van der Waals surface area (Å²) in [7, 11) is 1.79. The van der Waals surface area contributed by atoms with Crippen LogP contribution in [0.25, 0.3) is 0 Å². The second-order valence-corrected chi connectivity index (χ2v) is 4.27. The number of carbonyl (C=O) groups is 1. The predicted octanol–water partition coefficient (Wildman–Crippen LogP) is 1.87. The van der Waals surface area contributed by atoms with E-state index in [4.69, 9.17) is 4.74 Å². The van der Waals surface area contributed by atoms with E-state index in [-0.39, 0.29) is 17.7 Å². The van der Waals surface area contributed by atoms with Crippen LogP contribution in [0.15, 0.2) is 0 Å². The summed E-state index contributed by atoms with van der Waals surface area (Å²) in [5.74, 6) is 0.427. The molecule has 1 aliphatic rings. The highest BCUT2D eigenvalue weighted by Crippen LogP contribution is 2.32. The molecular formula is C9H17NO2. The minimum atomic E-state index is -0.347. The van der Waals surface area contributed by atoms with Crippen LogP contribution in [-0.4, -0.2) is 29.7 Å². The van der Waals surface area contributed by atoms with Crippen molar-refractivity contribution in [3.8, 4) is 0 Å². The quantitative estimate of drug-likeness (QED) is 0.602. The van der Waals surface area contributed by atoms with Crippen LogP contribution in [0, 0.1) is 5.92 Å². The molecule has 0 aromatic rings. The fourth-order valence-electron chi connectivity index (χ4n) is 2.19. The number of ether oxygens (including phenoxy) is 1. The lowest BCUT2D eigenvalue weighted by Crippen LogP contribution is -2.43. The van der Waals surface area contributed by atoms with E-state index < -0.39 is 0 Å². The van der Waals surface area contributed by atoms with Crippen LogP contribution in [0.3, 0.4) is 0 Å². The normalized spacial score (nSPS) is 28.0. The van der Waals surface area contributed by atoms with Gasteiger partial charge in [0.15, 0.2) is 0 Å². The molecular weight excluding hydrogens is 154 g/mol. The lowest BCUT2D eigenvalue weighted by atomic mass is 9.89. The van der Waals surface area contributed by atoms with Crippen LogP contribution >= 0.6 is 0 Å². The highest BCUT2D eigenvalue weighted by molar-refractivity contribution is 5.71. The van der Waals surface area contributed by atoms with E-state index in [0.29, 0.717) is 5.92 Å². The molecule has 1 amide bonds. The molecule has 70 valence electrons. The molecule has 0 N–H and O–H groups in total. The van der Waals surface area contributed by atoms with Crippen LogP contribution in [0.2, 0.25) is 0 Å². The van der Waals surface area contributed by atoms with E-state index in [2.05, 4.69) is 13.8 Å². The smallest absolute Gasteiger partial charge is 0.410 e. The maximum absolute atomic E-state index is 11.2. The van der Waals surface area contributed by atoms with Gasteiger partial charge in [-0.25, -0.2) is 4.79 Å². The van der Waals surface area contributed by atoms with Gasteiger partial charge in [-0.3, -0.25) is 0 Å². The largest absolute Gasteiger partial charge is 0.441 e. The molecule has 1 rings (SSSR count). The number of likely N-dealkylation sites (N-methyl/N-ethyl adjacent to an activating group) is 1. The Morgan fingerprint density at radius 2 is 2.00 bits per heavy atom. The summed E-state index contributed by atoms with van der Waals surface area (Å²) < 4.78 is 5.22. The molecule has 0 saturated carbocycles. The zero-order valence-corrected chi connectivity index (χ0v) is 8.42. The van der Waals surface area contributed by atoms with Crippen molar-refractivity contribution in [2.75, 3.05) is 7.05 Å². The van der Waals surface area contributed by atoms with E-state index in [1.807, 2.05) is 13.8 Å². The maximum Gasteiger partial charge on any atom is 0.410 e. The van der Waals surface area contributed by atoms with E-state index >= 15 is 0 Å². The lowest BCUT2D eigenvalue weighted by Gasteiger charge is -2.29. The van der Waals surface area contributed by atoms with Crippen molar-refractivity contribution in [3.63, 3.8) is 0 Å². The minimum Gasteiger partial charge on any atom is -0.441 e. The summed E-state index contributed by atoms with van der Waals surface area (Å²) in [5, 5.41) is 0. The molecule has 1 heterocycles. The fourth-order valence-corrected chi connectivity index (χ4v) is 2.19. The molecule has 3 nitrogen and oxygen atoms in total. The first-order chi connectivity index (χ1) is 5.36. The van der Waals surface area contributed by atoms with Gasteiger partial charge < -0.3 is 9.64 Å². The Kier molecular flexibility index (Phi) is 2.06. The molecule has 0 aliphatic carbocycles. The van der Waals surface area contributed by atoms with Crippen LogP contribution in [0.5, 0.6) is 0 Å². The predicted molar refractivity (Wildman–Crippen MR) is 46.9 cm³/mol. The molecule has 12 heavy (non-hydrogen) atoms. The monoisotopic (exact) mass is 171 g/mol. The van der Waals surface area contributed by atoms with Crippen molar-refractivity contribution < 1.29 is 9.53 Å². The summed E-state index contributed by atoms with van der Waals surface area (Å²) in [4.78, 5) is 12.9. The summed E-state index contributed by atoms with van der Waals surface area (Å²) in [6.07, 6.45) is -0.210. The minimum absolute atomic E-state index is 0.185. The van der Waals surface area contributed by atoms with Crippen molar-refractivity contribution in [3.05, 3.63) is 0 Å². The molecule has 0 aromatic carbocycles. The third kappa shape index (κ3) is 1.28. The van der Waals surface area contributed by atoms with Crippen molar-refractivity contribution in [1.82, 2.24) is 4.90 Å². The number of rotatable bonds is 1. The zero-order chi connectivity index (χ0) is 9.52. The Morgan fingerprint density at radius 1 is 1.50 bits per heavy atom. The van der Waals surface area contributed by atoms with Gasteiger partial charge in [0.1, 0.15) is 5.60 Å². The number of carbonyl (C=O) groups excluding carboxylic acids is 1. The van der Waals surface area contributed by atoms with E-state index in [0.717, 1.165) is 0 Å². The second-order valence-electron chi connectivity index (χ2n) is 4.27. The van der Waals surface area contributed by atoms with E-state index in [9.17, 15) is 4.79 Å². The molecule has 0 aromatic heterocycles. The fraction of sp³-hybridized carbons (Fsp3) is 0.889. The second kappa shape index (κ2) is 2.64. The van der Waals surface area contributed by atoms with Crippen LogP contribution < -0.4 is 0 Å². The summed E-state index contributed by atoms with van der Waals surface area (Å²) >= 11 is 0. The van der Waals surface area contributed by atoms with Gasteiger partial charge in [-0.15, -0.1) is 0 Å². The van der Waals surface area contributed by atoms with Gasteiger partial charge in [0, 0.05) is 7.05 Å². The first-order valence-corrected chi connectivity index (χ1v) is 4.32. The SMILES string of the molecule is CC(C)[C@H]1N(C)C(=O)OC1(C)C. The molecule has 1 aliphatic heterocycles. The number of hydrogen-bond donors (Lipinski definition) is 0. The Bertz CT molecular complexity index is 199. The summed E-state index contributed by atoms with van der Waals surface area (Å²) in [6, 6.07) is 0.185. The standard InChI is InChI=1S/C9H17NO2/c1-6(2)7-9(3,4)12-8(11)10(7)5/h6-7H,1-5H3/t7-/m1/s1. The average molecular weight is 171 g/mol. The lowest BCUT2D eigenvalue weighted by molar-refractivity contribution is 0.0561. The van der Waals surface area contributed by atoms with E-state index in [1.54, 1.807) is 11.9 Å². The molecule has 1 atom stereocenters. The average Bonchev–Trinajstić information content (AvgIpc) is 2.01. The van der Waals surface area contributed by atoms with Crippen molar-refractivity contribution >= 4 is 6.09 Å². The molecule has 3 heteroatoms. The van der Waals surface area contributed by atoms with Gasteiger partial charge in [0.25, 0.3) is 0 Å². The van der Waals surface area contributed by atoms with Crippen molar-refractivity contribution in [2.45, 2.75) is 39.3 Å². The highest BCUT2D eigenvalue weighted by Gasteiger charge is 2.47. The summed E-state index contributed by atoms with van der Waals surface area (Å²) in [6.45, 7) is 8.12. The molecule has 0 spiro atoms. The third-order valence-corrected chi connectivity index (χ3v) is 2.40.